The van der Waals surface area contributed by atoms with E-state index in [4.69, 9.17) is 14.2 Å². The van der Waals surface area contributed by atoms with E-state index in [2.05, 4.69) is 68.8 Å². The third-order valence-corrected chi connectivity index (χ3v) is 8.81. The van der Waals surface area contributed by atoms with Crippen LogP contribution in [0.4, 0.5) is 5.82 Å². The molecule has 3 aromatic carbocycles. The third kappa shape index (κ3) is 7.20. The van der Waals surface area contributed by atoms with Crippen LogP contribution >= 0.6 is 0 Å². The summed E-state index contributed by atoms with van der Waals surface area (Å²) in [6.07, 6.45) is 5.86. The molecule has 0 saturated carbocycles. The molecule has 0 bridgehead atoms. The Hall–Kier alpha value is -3.88. The second kappa shape index (κ2) is 13.6. The predicted octanol–water partition coefficient (Wildman–Crippen LogP) is 6.25. The maximum absolute atomic E-state index is 6.31. The molecule has 1 unspecified atom stereocenters. The van der Waals surface area contributed by atoms with Crippen molar-refractivity contribution >= 4 is 16.6 Å². The number of nitrogens with one attached hydrogen (secondary N) is 1. The molecule has 8 nitrogen and oxygen atoms in total. The van der Waals surface area contributed by atoms with Crippen LogP contribution in [-0.4, -0.2) is 79.6 Å². The highest BCUT2D eigenvalue weighted by atomic mass is 16.5. The lowest BCUT2D eigenvalue weighted by Crippen LogP contribution is -2.38. The van der Waals surface area contributed by atoms with Gasteiger partial charge in [-0.05, 0) is 106 Å². The molecule has 6 rings (SSSR count). The Labute approximate surface area is 255 Å². The van der Waals surface area contributed by atoms with Crippen molar-refractivity contribution in [1.29, 1.82) is 0 Å². The second-order valence-corrected chi connectivity index (χ2v) is 11.8. The summed E-state index contributed by atoms with van der Waals surface area (Å²) in [5, 5.41) is 15.1. The summed E-state index contributed by atoms with van der Waals surface area (Å²) in [5.41, 5.74) is 3.18. The second-order valence-electron chi connectivity index (χ2n) is 11.8. The predicted molar refractivity (Wildman–Crippen MR) is 172 cm³/mol. The molecule has 1 atom stereocenters. The van der Waals surface area contributed by atoms with Gasteiger partial charge >= 0.3 is 0 Å². The minimum atomic E-state index is 0.323. The van der Waals surface area contributed by atoms with Crippen LogP contribution in [0.5, 0.6) is 17.2 Å². The SMILES string of the molecule is COc1ccc(-c2nnc(NC3CCN(Cc4ccc(OC5CCCN(C)CC5)cc4)CC3)c3cc(OC)ccc23)cc1. The Balaban J connectivity index is 1.07. The van der Waals surface area contributed by atoms with Gasteiger partial charge in [0, 0.05) is 48.6 Å². The standard InChI is InChI=1S/C35H43N5O3/c1-39-19-4-5-29(18-20-39)43-30-10-6-25(7-11-30)24-40-21-16-27(17-22-40)36-35-33-23-31(42-3)14-15-32(33)34(37-38-35)26-8-12-28(41-2)13-9-26/h6-15,23,27,29H,4-5,16-22,24H2,1-3H3,(H,36,38). The molecule has 2 saturated heterocycles. The van der Waals surface area contributed by atoms with Gasteiger partial charge < -0.3 is 24.4 Å². The minimum absolute atomic E-state index is 0.323. The van der Waals surface area contributed by atoms with E-state index in [9.17, 15) is 0 Å². The van der Waals surface area contributed by atoms with Crippen LogP contribution in [0.2, 0.25) is 0 Å². The van der Waals surface area contributed by atoms with E-state index in [1.54, 1.807) is 14.2 Å². The van der Waals surface area contributed by atoms with Crippen LogP contribution in [0.3, 0.4) is 0 Å². The largest absolute Gasteiger partial charge is 0.497 e. The fourth-order valence-electron chi connectivity index (χ4n) is 6.21. The fraction of sp³-hybridized carbons (Fsp3) is 0.429. The van der Waals surface area contributed by atoms with E-state index in [0.29, 0.717) is 12.1 Å². The van der Waals surface area contributed by atoms with Gasteiger partial charge in [0.15, 0.2) is 5.82 Å². The van der Waals surface area contributed by atoms with Gasteiger partial charge in [-0.3, -0.25) is 4.90 Å². The van der Waals surface area contributed by atoms with Gasteiger partial charge in [-0.1, -0.05) is 12.1 Å². The van der Waals surface area contributed by atoms with Gasteiger partial charge in [-0.25, -0.2) is 0 Å². The molecule has 1 N–H and O–H groups in total. The highest BCUT2D eigenvalue weighted by Gasteiger charge is 2.22. The molecule has 1 aromatic heterocycles. The first-order valence-corrected chi connectivity index (χ1v) is 15.5. The van der Waals surface area contributed by atoms with Gasteiger partial charge in [0.2, 0.25) is 0 Å². The average molecular weight is 582 g/mol. The molecule has 2 aliphatic heterocycles. The Bertz CT molecular complexity index is 1490. The van der Waals surface area contributed by atoms with Gasteiger partial charge in [0.25, 0.3) is 0 Å². The summed E-state index contributed by atoms with van der Waals surface area (Å²) in [6, 6.07) is 23.1. The zero-order chi connectivity index (χ0) is 29.6. The normalized spacial score (nSPS) is 18.7. The van der Waals surface area contributed by atoms with Crippen molar-refractivity contribution in [2.45, 2.75) is 50.8 Å². The van der Waals surface area contributed by atoms with Crippen LogP contribution in [0.15, 0.2) is 66.7 Å². The number of fused-ring (bicyclic) bond motifs is 1. The molecule has 0 aliphatic carbocycles. The van der Waals surface area contributed by atoms with E-state index in [1.807, 2.05) is 30.3 Å². The number of benzene rings is 3. The van der Waals surface area contributed by atoms with Crippen molar-refractivity contribution in [3.63, 3.8) is 0 Å². The molecular formula is C35H43N5O3. The van der Waals surface area contributed by atoms with Gasteiger partial charge in [-0.2, -0.15) is 0 Å². The summed E-state index contributed by atoms with van der Waals surface area (Å²) in [4.78, 5) is 4.94. The Kier molecular flexibility index (Phi) is 9.24. The van der Waals surface area contributed by atoms with Crippen molar-refractivity contribution in [3.8, 4) is 28.5 Å². The number of rotatable bonds is 9. The first-order chi connectivity index (χ1) is 21.1. The number of methoxy groups -OCH3 is 2. The maximum Gasteiger partial charge on any atom is 0.156 e. The number of hydrogen-bond donors (Lipinski definition) is 1. The monoisotopic (exact) mass is 581 g/mol. The average Bonchev–Trinajstić information content (AvgIpc) is 3.26. The molecule has 0 radical (unpaired) electrons. The molecule has 0 spiro atoms. The first kappa shape index (κ1) is 29.2. The summed E-state index contributed by atoms with van der Waals surface area (Å²) >= 11 is 0. The third-order valence-electron chi connectivity index (χ3n) is 8.81. The molecule has 226 valence electrons. The zero-order valence-corrected chi connectivity index (χ0v) is 25.6. The molecular weight excluding hydrogens is 538 g/mol. The number of hydrogen-bond acceptors (Lipinski definition) is 8. The molecule has 3 heterocycles. The van der Waals surface area contributed by atoms with Gasteiger partial charge in [-0.15, -0.1) is 10.2 Å². The van der Waals surface area contributed by atoms with Crippen LogP contribution in [-0.2, 0) is 6.54 Å². The number of aromatic nitrogens is 2. The number of anilines is 1. The molecule has 43 heavy (non-hydrogen) atoms. The van der Waals surface area contributed by atoms with E-state index >= 15 is 0 Å². The highest BCUT2D eigenvalue weighted by molar-refractivity contribution is 6.00. The number of nitrogens with zero attached hydrogens (tertiary/aromatic N) is 4. The molecule has 2 fully saturated rings. The van der Waals surface area contributed by atoms with Crippen LogP contribution in [0, 0.1) is 0 Å². The van der Waals surface area contributed by atoms with Crippen LogP contribution < -0.4 is 19.5 Å². The smallest absolute Gasteiger partial charge is 0.156 e. The maximum atomic E-state index is 6.31. The lowest BCUT2D eigenvalue weighted by Gasteiger charge is -2.32. The van der Waals surface area contributed by atoms with Crippen molar-refractivity contribution in [1.82, 2.24) is 20.0 Å². The highest BCUT2D eigenvalue weighted by Crippen LogP contribution is 2.34. The van der Waals surface area contributed by atoms with Gasteiger partial charge in [0.05, 0.1) is 20.3 Å². The summed E-state index contributed by atoms with van der Waals surface area (Å²) in [7, 11) is 5.57. The Morgan fingerprint density at radius 3 is 2.21 bits per heavy atom. The van der Waals surface area contributed by atoms with Crippen molar-refractivity contribution in [2.24, 2.45) is 0 Å². The van der Waals surface area contributed by atoms with Crippen LogP contribution in [0.1, 0.15) is 37.7 Å². The number of piperidine rings is 1. The molecule has 2 aliphatic rings. The number of likely N-dealkylation sites (tertiary alicyclic amines) is 2. The first-order valence-electron chi connectivity index (χ1n) is 15.5. The minimum Gasteiger partial charge on any atom is -0.497 e. The quantitative estimate of drug-likeness (QED) is 0.249. The van der Waals surface area contributed by atoms with Crippen LogP contribution in [0.25, 0.3) is 22.0 Å². The van der Waals surface area contributed by atoms with E-state index in [1.165, 1.54) is 18.5 Å². The molecule has 8 heteroatoms. The number of ether oxygens (including phenoxy) is 3. The Morgan fingerprint density at radius 1 is 0.744 bits per heavy atom. The molecule has 0 amide bonds. The Morgan fingerprint density at radius 2 is 1.47 bits per heavy atom. The summed E-state index contributed by atoms with van der Waals surface area (Å²) in [6.45, 7) is 5.30. The van der Waals surface area contributed by atoms with Gasteiger partial charge in [0.1, 0.15) is 22.9 Å². The summed E-state index contributed by atoms with van der Waals surface area (Å²) in [5.74, 6) is 3.42. The van der Waals surface area contributed by atoms with E-state index < -0.39 is 0 Å². The zero-order valence-electron chi connectivity index (χ0n) is 25.6. The van der Waals surface area contributed by atoms with E-state index in [0.717, 1.165) is 97.0 Å². The topological polar surface area (TPSA) is 72.0 Å². The summed E-state index contributed by atoms with van der Waals surface area (Å²) < 4.78 is 17.2. The van der Waals surface area contributed by atoms with Crippen molar-refractivity contribution < 1.29 is 14.2 Å². The lowest BCUT2D eigenvalue weighted by atomic mass is 10.0. The molecule has 4 aromatic rings. The van der Waals surface area contributed by atoms with Crippen molar-refractivity contribution in [3.05, 3.63) is 72.3 Å². The lowest BCUT2D eigenvalue weighted by molar-refractivity contribution is 0.183. The van der Waals surface area contributed by atoms with E-state index in [-0.39, 0.29) is 0 Å². The fourth-order valence-corrected chi connectivity index (χ4v) is 6.21. The van der Waals surface area contributed by atoms with Crippen molar-refractivity contribution in [2.75, 3.05) is 52.8 Å².